The lowest BCUT2D eigenvalue weighted by molar-refractivity contribution is -0.129. The Hall–Kier alpha value is -3.15. The number of carbonyl (C=O) groups is 2. The van der Waals surface area contributed by atoms with Gasteiger partial charge in [0.05, 0.1) is 5.84 Å². The molecule has 6 nitrogen and oxygen atoms in total. The Kier molecular flexibility index (Phi) is 8.13. The van der Waals surface area contributed by atoms with Gasteiger partial charge in [-0.15, -0.1) is 0 Å². The number of amidine groups is 1. The maximum atomic E-state index is 13.4. The zero-order valence-corrected chi connectivity index (χ0v) is 21.0. The summed E-state index contributed by atoms with van der Waals surface area (Å²) in [5.41, 5.74) is 8.70. The molecule has 0 saturated heterocycles. The molecule has 2 aromatic carbocycles. The smallest absolute Gasteiger partial charge is 0.317 e. The summed E-state index contributed by atoms with van der Waals surface area (Å²) < 4.78 is 0. The summed E-state index contributed by atoms with van der Waals surface area (Å²) in [7, 11) is 1.79. The van der Waals surface area contributed by atoms with Crippen LogP contribution in [0.5, 0.6) is 0 Å². The summed E-state index contributed by atoms with van der Waals surface area (Å²) in [6, 6.07) is 17.9. The molecule has 0 spiro atoms. The minimum absolute atomic E-state index is 0.0770. The molecule has 0 fully saturated rings. The van der Waals surface area contributed by atoms with Crippen molar-refractivity contribution in [3.63, 3.8) is 0 Å². The number of nitrogens with two attached hydrogens (primary N) is 1. The van der Waals surface area contributed by atoms with E-state index in [1.165, 1.54) is 0 Å². The average Bonchev–Trinajstić information content (AvgIpc) is 2.80. The number of benzene rings is 2. The van der Waals surface area contributed by atoms with Crippen LogP contribution < -0.4 is 11.1 Å². The molecule has 1 aliphatic heterocycles. The number of hydrogen-bond acceptors (Lipinski definition) is 4. The van der Waals surface area contributed by atoms with Gasteiger partial charge in [-0.25, -0.2) is 4.79 Å². The number of amides is 2. The molecule has 0 bridgehead atoms. The van der Waals surface area contributed by atoms with Crippen molar-refractivity contribution in [2.45, 2.75) is 59.2 Å². The maximum absolute atomic E-state index is 13.4. The summed E-state index contributed by atoms with van der Waals surface area (Å²) in [5, 5.41) is 2.97. The normalized spacial score (nSPS) is 22.4. The van der Waals surface area contributed by atoms with E-state index in [9.17, 15) is 9.59 Å². The van der Waals surface area contributed by atoms with Crippen molar-refractivity contribution in [3.05, 3.63) is 71.3 Å². The number of aliphatic imine (C=N–C) groups is 1. The highest BCUT2D eigenvalue weighted by Crippen LogP contribution is 2.35. The SMILES string of the molecule is CC(C)CC1(C)N=C(N)C(C)C(Cc2ccc(CNC(=O)N(C)Cc3ccccc3)cc2)C1=O. The van der Waals surface area contributed by atoms with Gasteiger partial charge in [-0.1, -0.05) is 75.4 Å². The molecular formula is C28H38N4O2. The predicted octanol–water partition coefficient (Wildman–Crippen LogP) is 4.57. The quantitative estimate of drug-likeness (QED) is 0.602. The number of carbonyl (C=O) groups excluding carboxylic acids is 2. The molecule has 0 aliphatic carbocycles. The maximum Gasteiger partial charge on any atom is 0.317 e. The number of nitrogens with one attached hydrogen (secondary N) is 1. The van der Waals surface area contributed by atoms with Crippen LogP contribution in [-0.2, 0) is 24.3 Å². The predicted molar refractivity (Wildman–Crippen MR) is 137 cm³/mol. The Labute approximate surface area is 203 Å². The molecule has 182 valence electrons. The molecule has 3 N–H and O–H groups in total. The van der Waals surface area contributed by atoms with Gasteiger partial charge in [-0.2, -0.15) is 0 Å². The zero-order valence-electron chi connectivity index (χ0n) is 21.0. The van der Waals surface area contributed by atoms with E-state index in [0.29, 0.717) is 37.7 Å². The molecule has 3 unspecified atom stereocenters. The monoisotopic (exact) mass is 462 g/mol. The second-order valence-corrected chi connectivity index (χ2v) is 10.2. The molecule has 6 heteroatoms. The van der Waals surface area contributed by atoms with Crippen LogP contribution in [0.15, 0.2) is 59.6 Å². The lowest BCUT2D eigenvalue weighted by atomic mass is 9.72. The summed E-state index contributed by atoms with van der Waals surface area (Å²) in [6.07, 6.45) is 1.34. The van der Waals surface area contributed by atoms with Crippen molar-refractivity contribution >= 4 is 17.6 Å². The van der Waals surface area contributed by atoms with Crippen LogP contribution in [0.2, 0.25) is 0 Å². The average molecular weight is 463 g/mol. The molecule has 0 aromatic heterocycles. The van der Waals surface area contributed by atoms with Gasteiger partial charge in [0.25, 0.3) is 0 Å². The van der Waals surface area contributed by atoms with Crippen LogP contribution in [0.25, 0.3) is 0 Å². The topological polar surface area (TPSA) is 87.8 Å². The minimum atomic E-state index is -0.745. The fourth-order valence-corrected chi connectivity index (χ4v) is 4.77. The van der Waals surface area contributed by atoms with E-state index in [1.807, 2.05) is 68.4 Å². The molecule has 3 atom stereocenters. The Morgan fingerprint density at radius 1 is 1.09 bits per heavy atom. The number of nitrogens with zero attached hydrogens (tertiary/aromatic N) is 2. The van der Waals surface area contributed by atoms with Crippen LogP contribution >= 0.6 is 0 Å². The molecule has 2 amide bonds. The van der Waals surface area contributed by atoms with Gasteiger partial charge in [0.2, 0.25) is 0 Å². The highest BCUT2D eigenvalue weighted by molar-refractivity contribution is 6.01. The number of hydrogen-bond donors (Lipinski definition) is 2. The van der Waals surface area contributed by atoms with Crippen molar-refractivity contribution in [3.8, 4) is 0 Å². The lowest BCUT2D eigenvalue weighted by Crippen LogP contribution is -2.51. The number of rotatable bonds is 8. The summed E-state index contributed by atoms with van der Waals surface area (Å²) in [4.78, 5) is 32.1. The second kappa shape index (κ2) is 10.9. The van der Waals surface area contributed by atoms with Crippen LogP contribution in [0, 0.1) is 17.8 Å². The first kappa shape index (κ1) is 25.5. The van der Waals surface area contributed by atoms with E-state index in [4.69, 9.17) is 5.73 Å². The Bertz CT molecular complexity index is 1020. The molecule has 1 aliphatic rings. The van der Waals surface area contributed by atoms with Crippen molar-refractivity contribution in [2.75, 3.05) is 7.05 Å². The lowest BCUT2D eigenvalue weighted by Gasteiger charge is -2.38. The van der Waals surface area contributed by atoms with E-state index >= 15 is 0 Å². The highest BCUT2D eigenvalue weighted by atomic mass is 16.2. The van der Waals surface area contributed by atoms with E-state index in [1.54, 1.807) is 11.9 Å². The number of urea groups is 1. The second-order valence-electron chi connectivity index (χ2n) is 10.2. The molecule has 0 saturated carbocycles. The van der Waals surface area contributed by atoms with Crippen molar-refractivity contribution in [1.29, 1.82) is 0 Å². The first-order valence-electron chi connectivity index (χ1n) is 12.1. The van der Waals surface area contributed by atoms with Crippen LogP contribution in [0.4, 0.5) is 4.79 Å². The van der Waals surface area contributed by atoms with Gasteiger partial charge in [-0.05, 0) is 42.4 Å². The first-order valence-corrected chi connectivity index (χ1v) is 12.1. The van der Waals surface area contributed by atoms with Crippen molar-refractivity contribution < 1.29 is 9.59 Å². The third kappa shape index (κ3) is 6.25. The Morgan fingerprint density at radius 2 is 1.71 bits per heavy atom. The van der Waals surface area contributed by atoms with E-state index in [-0.39, 0.29) is 23.7 Å². The summed E-state index contributed by atoms with van der Waals surface area (Å²) in [5.74, 6) is 0.860. The van der Waals surface area contributed by atoms with Crippen molar-refractivity contribution in [1.82, 2.24) is 10.2 Å². The van der Waals surface area contributed by atoms with E-state index < -0.39 is 5.54 Å². The number of ketones is 1. The molecule has 2 aromatic rings. The molecule has 0 radical (unpaired) electrons. The fraction of sp³-hybridized carbons (Fsp3) is 0.464. The van der Waals surface area contributed by atoms with Gasteiger partial charge in [-0.3, -0.25) is 9.79 Å². The fourth-order valence-electron chi connectivity index (χ4n) is 4.77. The Balaban J connectivity index is 1.58. The van der Waals surface area contributed by atoms with Crippen molar-refractivity contribution in [2.24, 2.45) is 28.5 Å². The third-order valence-electron chi connectivity index (χ3n) is 6.65. The van der Waals surface area contributed by atoms with Gasteiger partial charge in [0.15, 0.2) is 5.78 Å². The van der Waals surface area contributed by atoms with Crippen LogP contribution in [0.1, 0.15) is 50.8 Å². The van der Waals surface area contributed by atoms with E-state index in [2.05, 4.69) is 24.2 Å². The third-order valence-corrected chi connectivity index (χ3v) is 6.65. The summed E-state index contributed by atoms with van der Waals surface area (Å²) in [6.45, 7) is 9.13. The minimum Gasteiger partial charge on any atom is -0.387 e. The van der Waals surface area contributed by atoms with Gasteiger partial charge in [0.1, 0.15) is 5.54 Å². The van der Waals surface area contributed by atoms with Gasteiger partial charge < -0.3 is 16.0 Å². The standard InChI is InChI=1S/C28H38N4O2/c1-19(2)16-28(4)25(33)24(20(3)26(29)31-28)15-21-11-13-22(14-12-21)17-30-27(34)32(5)18-23-9-7-6-8-10-23/h6-14,19-20,24H,15-18H2,1-5H3,(H2,29,31)(H,30,34). The molecule has 3 rings (SSSR count). The van der Waals surface area contributed by atoms with Gasteiger partial charge in [0, 0.05) is 32.0 Å². The highest BCUT2D eigenvalue weighted by Gasteiger charge is 2.45. The zero-order chi connectivity index (χ0) is 24.9. The first-order chi connectivity index (χ1) is 16.1. The van der Waals surface area contributed by atoms with E-state index in [0.717, 1.165) is 16.7 Å². The van der Waals surface area contributed by atoms with Crippen LogP contribution in [0.3, 0.4) is 0 Å². The van der Waals surface area contributed by atoms with Gasteiger partial charge >= 0.3 is 6.03 Å². The largest absolute Gasteiger partial charge is 0.387 e. The number of Topliss-reactive ketones (excluding diaryl/α,β-unsaturated/α-hetero) is 1. The Morgan fingerprint density at radius 3 is 2.32 bits per heavy atom. The molecular weight excluding hydrogens is 424 g/mol. The summed E-state index contributed by atoms with van der Waals surface area (Å²) >= 11 is 0. The molecule has 1 heterocycles. The molecule has 34 heavy (non-hydrogen) atoms. The van der Waals surface area contributed by atoms with Crippen LogP contribution in [-0.4, -0.2) is 35.1 Å².